The van der Waals surface area contributed by atoms with Crippen LogP contribution in [0.2, 0.25) is 5.02 Å². The van der Waals surface area contributed by atoms with Crippen molar-refractivity contribution in [2.75, 3.05) is 0 Å². The number of thiazole rings is 1. The Morgan fingerprint density at radius 1 is 1.56 bits per heavy atom. The quantitative estimate of drug-likeness (QED) is 0.934. The van der Waals surface area contributed by atoms with Crippen LogP contribution in [0.3, 0.4) is 0 Å². The van der Waals surface area contributed by atoms with Crippen LogP contribution in [0.4, 0.5) is 0 Å². The molecule has 6 heteroatoms. The van der Waals surface area contributed by atoms with Gasteiger partial charge in [-0.15, -0.1) is 11.3 Å². The number of nitrogens with zero attached hydrogens (tertiary/aromatic N) is 1. The highest BCUT2D eigenvalue weighted by Crippen LogP contribution is 2.29. The van der Waals surface area contributed by atoms with Gasteiger partial charge in [-0.2, -0.15) is 0 Å². The minimum atomic E-state index is -1.06. The second-order valence-corrected chi connectivity index (χ2v) is 5.28. The van der Waals surface area contributed by atoms with Crippen LogP contribution in [-0.4, -0.2) is 16.1 Å². The van der Waals surface area contributed by atoms with Crippen LogP contribution in [0.25, 0.3) is 0 Å². The summed E-state index contributed by atoms with van der Waals surface area (Å²) in [5.74, 6) is -0.870. The molecule has 0 aliphatic heterocycles. The fourth-order valence-corrected chi connectivity index (χ4v) is 2.38. The second kappa shape index (κ2) is 5.37. The number of aromatic carboxylic acids is 1. The number of aromatic nitrogens is 1. The maximum Gasteiger partial charge on any atom is 0.339 e. The van der Waals surface area contributed by atoms with Gasteiger partial charge in [0.25, 0.3) is 0 Å². The molecular formula is C12H10ClNO3S. The topological polar surface area (TPSA) is 59.4 Å². The molecule has 18 heavy (non-hydrogen) atoms. The lowest BCUT2D eigenvalue weighted by Gasteiger charge is -2.09. The molecule has 0 atom stereocenters. The molecule has 0 radical (unpaired) electrons. The van der Waals surface area contributed by atoms with Crippen LogP contribution < -0.4 is 4.74 Å². The van der Waals surface area contributed by atoms with E-state index in [0.29, 0.717) is 0 Å². The van der Waals surface area contributed by atoms with Crippen LogP contribution in [0.5, 0.6) is 5.75 Å². The van der Waals surface area contributed by atoms with E-state index in [1.807, 2.05) is 6.92 Å². The molecule has 1 N–H and O–H groups in total. The van der Waals surface area contributed by atoms with Crippen molar-refractivity contribution in [3.63, 3.8) is 0 Å². The number of carbonyl (C=O) groups is 1. The molecule has 1 heterocycles. The molecule has 0 aliphatic carbocycles. The third kappa shape index (κ3) is 2.80. The van der Waals surface area contributed by atoms with E-state index >= 15 is 0 Å². The highest BCUT2D eigenvalue weighted by Gasteiger charge is 2.14. The Kier molecular flexibility index (Phi) is 3.84. The number of ether oxygens (including phenoxy) is 1. The van der Waals surface area contributed by atoms with Crippen molar-refractivity contribution in [1.82, 2.24) is 4.98 Å². The maximum atomic E-state index is 11.0. The summed E-state index contributed by atoms with van der Waals surface area (Å²) in [6.45, 7) is 2.15. The molecule has 94 valence electrons. The number of benzene rings is 1. The van der Waals surface area contributed by atoms with Gasteiger partial charge in [0.1, 0.15) is 12.2 Å². The van der Waals surface area contributed by atoms with E-state index in [9.17, 15) is 4.79 Å². The van der Waals surface area contributed by atoms with E-state index in [1.165, 1.54) is 17.4 Å². The standard InChI is InChI=1S/C12H10ClNO3S/c1-7-14-5-8(18-7)6-17-11-9(12(15)16)3-2-4-10(11)13/h2-5H,6H2,1H3,(H,15,16). The summed E-state index contributed by atoms with van der Waals surface area (Å²) in [4.78, 5) is 16.1. The van der Waals surface area contributed by atoms with Crippen molar-refractivity contribution < 1.29 is 14.6 Å². The predicted octanol–water partition coefficient (Wildman–Crippen LogP) is 3.38. The van der Waals surface area contributed by atoms with Crippen molar-refractivity contribution in [2.45, 2.75) is 13.5 Å². The molecule has 0 unspecified atom stereocenters. The number of hydrogen-bond acceptors (Lipinski definition) is 4. The number of para-hydroxylation sites is 1. The SMILES string of the molecule is Cc1ncc(COc2c(Cl)cccc2C(=O)O)s1. The summed E-state index contributed by atoms with van der Waals surface area (Å²) < 4.78 is 5.49. The molecule has 2 rings (SSSR count). The second-order valence-electron chi connectivity index (χ2n) is 3.56. The fourth-order valence-electron chi connectivity index (χ4n) is 1.44. The molecular weight excluding hydrogens is 274 g/mol. The Labute approximate surface area is 113 Å². The van der Waals surface area contributed by atoms with E-state index in [0.717, 1.165) is 9.88 Å². The van der Waals surface area contributed by atoms with E-state index < -0.39 is 5.97 Å². The van der Waals surface area contributed by atoms with Crippen LogP contribution in [-0.2, 0) is 6.61 Å². The fraction of sp³-hybridized carbons (Fsp3) is 0.167. The van der Waals surface area contributed by atoms with Gasteiger partial charge < -0.3 is 9.84 Å². The van der Waals surface area contributed by atoms with E-state index in [-0.39, 0.29) is 22.9 Å². The Balaban J connectivity index is 2.20. The van der Waals surface area contributed by atoms with Crippen LogP contribution in [0, 0.1) is 6.92 Å². The first-order chi connectivity index (χ1) is 8.58. The number of carboxylic acid groups (broad SMARTS) is 1. The molecule has 0 amide bonds. The molecule has 0 bridgehead atoms. The highest BCUT2D eigenvalue weighted by molar-refractivity contribution is 7.11. The molecule has 4 nitrogen and oxygen atoms in total. The largest absolute Gasteiger partial charge is 0.486 e. The molecule has 2 aromatic rings. The van der Waals surface area contributed by atoms with Crippen molar-refractivity contribution >= 4 is 28.9 Å². The average Bonchev–Trinajstić information content (AvgIpc) is 2.73. The van der Waals surface area contributed by atoms with Crippen molar-refractivity contribution in [3.05, 3.63) is 44.9 Å². The zero-order valence-electron chi connectivity index (χ0n) is 9.51. The molecule has 0 spiro atoms. The summed E-state index contributed by atoms with van der Waals surface area (Å²) in [6, 6.07) is 4.64. The first-order valence-electron chi connectivity index (χ1n) is 5.14. The molecule has 0 fully saturated rings. The lowest BCUT2D eigenvalue weighted by Crippen LogP contribution is -2.03. The normalized spacial score (nSPS) is 10.3. The highest BCUT2D eigenvalue weighted by atomic mass is 35.5. The van der Waals surface area contributed by atoms with Gasteiger partial charge in [-0.05, 0) is 19.1 Å². The van der Waals surface area contributed by atoms with E-state index in [2.05, 4.69) is 4.98 Å². The van der Waals surface area contributed by atoms with Crippen LogP contribution in [0.15, 0.2) is 24.4 Å². The van der Waals surface area contributed by atoms with Gasteiger partial charge in [0.05, 0.1) is 14.9 Å². The minimum absolute atomic E-state index is 0.0590. The Hall–Kier alpha value is -1.59. The lowest BCUT2D eigenvalue weighted by molar-refractivity contribution is 0.0692. The molecule has 0 saturated carbocycles. The number of aryl methyl sites for hydroxylation is 1. The van der Waals surface area contributed by atoms with Gasteiger partial charge in [-0.1, -0.05) is 17.7 Å². The summed E-state index contributed by atoms with van der Waals surface area (Å²) in [5, 5.41) is 10.3. The van der Waals surface area contributed by atoms with E-state index in [4.69, 9.17) is 21.4 Å². The summed E-state index contributed by atoms with van der Waals surface area (Å²) in [7, 11) is 0. The first-order valence-corrected chi connectivity index (χ1v) is 6.33. The van der Waals surface area contributed by atoms with Gasteiger partial charge in [0, 0.05) is 6.20 Å². The average molecular weight is 284 g/mol. The third-order valence-corrected chi connectivity index (χ3v) is 3.41. The lowest BCUT2D eigenvalue weighted by atomic mass is 10.2. The number of hydrogen-bond donors (Lipinski definition) is 1. The predicted molar refractivity (Wildman–Crippen MR) is 69.6 cm³/mol. The van der Waals surface area contributed by atoms with Gasteiger partial charge in [0.15, 0.2) is 5.75 Å². The smallest absolute Gasteiger partial charge is 0.339 e. The van der Waals surface area contributed by atoms with Crippen LogP contribution >= 0.6 is 22.9 Å². The molecule has 1 aromatic heterocycles. The van der Waals surface area contributed by atoms with Gasteiger partial charge >= 0.3 is 5.97 Å². The monoisotopic (exact) mass is 283 g/mol. The zero-order chi connectivity index (χ0) is 13.1. The van der Waals surface area contributed by atoms with Gasteiger partial charge in [-0.3, -0.25) is 0 Å². The van der Waals surface area contributed by atoms with Crippen molar-refractivity contribution in [2.24, 2.45) is 0 Å². The molecule has 0 saturated heterocycles. The Bertz CT molecular complexity index is 582. The number of rotatable bonds is 4. The van der Waals surface area contributed by atoms with Gasteiger partial charge in [0.2, 0.25) is 0 Å². The zero-order valence-corrected chi connectivity index (χ0v) is 11.1. The maximum absolute atomic E-state index is 11.0. The Morgan fingerprint density at radius 3 is 2.94 bits per heavy atom. The first kappa shape index (κ1) is 12.9. The minimum Gasteiger partial charge on any atom is -0.486 e. The summed E-state index contributed by atoms with van der Waals surface area (Å²) >= 11 is 7.44. The molecule has 0 aliphatic rings. The van der Waals surface area contributed by atoms with Crippen LogP contribution in [0.1, 0.15) is 20.2 Å². The molecule has 1 aromatic carbocycles. The summed E-state index contributed by atoms with van der Waals surface area (Å²) in [6.07, 6.45) is 1.71. The van der Waals surface area contributed by atoms with Gasteiger partial charge in [-0.25, -0.2) is 9.78 Å². The van der Waals surface area contributed by atoms with E-state index in [1.54, 1.807) is 18.3 Å². The summed E-state index contributed by atoms with van der Waals surface area (Å²) in [5.41, 5.74) is 0.0590. The Morgan fingerprint density at radius 2 is 2.33 bits per heavy atom. The number of halogens is 1. The van der Waals surface area contributed by atoms with Crippen molar-refractivity contribution in [1.29, 1.82) is 0 Å². The van der Waals surface area contributed by atoms with Crippen molar-refractivity contribution in [3.8, 4) is 5.75 Å². The third-order valence-electron chi connectivity index (χ3n) is 2.23. The number of carboxylic acids is 1.